The molecule has 1 N–H and O–H groups in total. The lowest BCUT2D eigenvalue weighted by atomic mass is 10.0. The number of aromatic nitrogens is 2. The van der Waals surface area contributed by atoms with Crippen LogP contribution in [0.25, 0.3) is 5.69 Å². The first-order valence-corrected chi connectivity index (χ1v) is 8.92. The number of likely N-dealkylation sites (tertiary alicyclic amines) is 1. The zero-order valence-electron chi connectivity index (χ0n) is 15.2. The number of nitrogens with zero attached hydrogens (tertiary/aromatic N) is 3. The van der Waals surface area contributed by atoms with E-state index < -0.39 is 17.9 Å². The lowest BCUT2D eigenvalue weighted by Crippen LogP contribution is -2.48. The molecule has 3 rings (SSSR count). The predicted octanol–water partition coefficient (Wildman–Crippen LogP) is 1.98. The largest absolute Gasteiger partial charge is 0.487 e. The van der Waals surface area contributed by atoms with Crippen molar-refractivity contribution < 1.29 is 24.2 Å². The van der Waals surface area contributed by atoms with Crippen LogP contribution in [0, 0.1) is 0 Å². The zero-order chi connectivity index (χ0) is 19.2. The summed E-state index contributed by atoms with van der Waals surface area (Å²) in [6, 6.07) is 8.52. The van der Waals surface area contributed by atoms with Gasteiger partial charge in [0.05, 0.1) is 18.5 Å². The van der Waals surface area contributed by atoms with Crippen LogP contribution >= 0.6 is 0 Å². The topological polar surface area (TPSA) is 93.9 Å². The summed E-state index contributed by atoms with van der Waals surface area (Å²) in [5.74, 6) is -1.10. The first kappa shape index (κ1) is 18.9. The minimum absolute atomic E-state index is 0.114. The summed E-state index contributed by atoms with van der Waals surface area (Å²) < 4.78 is 12.2. The Labute approximate surface area is 157 Å². The molecule has 0 aliphatic carbocycles. The molecule has 1 fully saturated rings. The number of hydrogen-bond donors (Lipinski definition) is 1. The molecule has 0 radical (unpaired) electrons. The van der Waals surface area contributed by atoms with Crippen molar-refractivity contribution in [3.8, 4) is 11.4 Å². The second-order valence-corrected chi connectivity index (χ2v) is 6.31. The minimum atomic E-state index is -0.993. The van der Waals surface area contributed by atoms with Crippen molar-refractivity contribution in [3.05, 3.63) is 42.2 Å². The van der Waals surface area contributed by atoms with Gasteiger partial charge in [0.15, 0.2) is 11.4 Å². The molecular formula is C19H23N3O5. The van der Waals surface area contributed by atoms with Crippen molar-refractivity contribution >= 4 is 11.9 Å². The van der Waals surface area contributed by atoms with Gasteiger partial charge in [0.1, 0.15) is 12.6 Å². The molecule has 1 unspecified atom stereocenters. The van der Waals surface area contributed by atoms with Gasteiger partial charge in [-0.3, -0.25) is 4.79 Å². The number of carbonyl (C=O) groups excluding carboxylic acids is 1. The minimum Gasteiger partial charge on any atom is -0.487 e. The molecule has 1 aliphatic rings. The highest BCUT2D eigenvalue weighted by atomic mass is 16.5. The van der Waals surface area contributed by atoms with Crippen LogP contribution in [-0.2, 0) is 9.53 Å². The molecule has 1 saturated heterocycles. The molecule has 8 nitrogen and oxygen atoms in total. The Hall–Kier alpha value is -2.87. The Kier molecular flexibility index (Phi) is 6.08. The maximum atomic E-state index is 13.1. The number of carbonyl (C=O) groups is 2. The summed E-state index contributed by atoms with van der Waals surface area (Å²) in [4.78, 5) is 26.0. The summed E-state index contributed by atoms with van der Waals surface area (Å²) in [6.07, 6.45) is 3.64. The Morgan fingerprint density at radius 1 is 1.22 bits per heavy atom. The molecule has 1 amide bonds. The molecule has 1 aromatic heterocycles. The van der Waals surface area contributed by atoms with Gasteiger partial charge in [-0.2, -0.15) is 5.10 Å². The van der Waals surface area contributed by atoms with Crippen molar-refractivity contribution in [3.63, 3.8) is 0 Å². The van der Waals surface area contributed by atoms with Crippen molar-refractivity contribution in [2.45, 2.75) is 25.3 Å². The SMILES string of the molecule is COCCOc1cn(-c2ccccc2)nc1C(=O)N1CCCCC1C(=O)O. The molecule has 1 aromatic carbocycles. The van der Waals surface area contributed by atoms with Gasteiger partial charge in [0.2, 0.25) is 0 Å². The van der Waals surface area contributed by atoms with Crippen molar-refractivity contribution in [2.75, 3.05) is 26.9 Å². The Balaban J connectivity index is 1.92. The van der Waals surface area contributed by atoms with Gasteiger partial charge < -0.3 is 19.5 Å². The molecule has 144 valence electrons. The molecular weight excluding hydrogens is 350 g/mol. The monoisotopic (exact) mass is 373 g/mol. The molecule has 27 heavy (non-hydrogen) atoms. The molecule has 0 bridgehead atoms. The fraction of sp³-hybridized carbons (Fsp3) is 0.421. The van der Waals surface area contributed by atoms with E-state index >= 15 is 0 Å². The highest BCUT2D eigenvalue weighted by Gasteiger charge is 2.35. The number of piperidine rings is 1. The van der Waals surface area contributed by atoms with E-state index in [4.69, 9.17) is 9.47 Å². The summed E-state index contributed by atoms with van der Waals surface area (Å²) in [6.45, 7) is 1.02. The highest BCUT2D eigenvalue weighted by molar-refractivity contribution is 5.97. The van der Waals surface area contributed by atoms with Crippen LogP contribution in [0.1, 0.15) is 29.8 Å². The third kappa shape index (κ3) is 4.28. The van der Waals surface area contributed by atoms with E-state index in [9.17, 15) is 14.7 Å². The average Bonchev–Trinajstić information content (AvgIpc) is 3.12. The standard InChI is InChI=1S/C19H23N3O5/c1-26-11-12-27-16-13-22(14-7-3-2-4-8-14)20-17(16)18(23)21-10-6-5-9-15(21)19(24)25/h2-4,7-8,13,15H,5-6,9-12H2,1H3,(H,24,25). The molecule has 8 heteroatoms. The van der Waals surface area contributed by atoms with Crippen LogP contribution in [0.15, 0.2) is 36.5 Å². The second kappa shape index (κ2) is 8.68. The van der Waals surface area contributed by atoms with Gasteiger partial charge in [-0.25, -0.2) is 9.48 Å². The van der Waals surface area contributed by atoms with E-state index in [0.29, 0.717) is 25.3 Å². The van der Waals surface area contributed by atoms with E-state index in [0.717, 1.165) is 18.5 Å². The predicted molar refractivity (Wildman–Crippen MR) is 97.2 cm³/mol. The van der Waals surface area contributed by atoms with Crippen LogP contribution in [0.5, 0.6) is 5.75 Å². The van der Waals surface area contributed by atoms with E-state index in [1.54, 1.807) is 18.0 Å². The molecule has 2 aromatic rings. The van der Waals surface area contributed by atoms with Gasteiger partial charge in [0.25, 0.3) is 5.91 Å². The van der Waals surface area contributed by atoms with Crippen molar-refractivity contribution in [1.29, 1.82) is 0 Å². The van der Waals surface area contributed by atoms with Gasteiger partial charge >= 0.3 is 5.97 Å². The van der Waals surface area contributed by atoms with Crippen LogP contribution < -0.4 is 4.74 Å². The normalized spacial score (nSPS) is 16.9. The number of aliphatic carboxylic acids is 1. The number of rotatable bonds is 7. The number of benzene rings is 1. The number of amides is 1. The smallest absolute Gasteiger partial charge is 0.326 e. The Morgan fingerprint density at radius 2 is 2.00 bits per heavy atom. The molecule has 1 atom stereocenters. The lowest BCUT2D eigenvalue weighted by Gasteiger charge is -2.32. The maximum absolute atomic E-state index is 13.1. The summed E-state index contributed by atoms with van der Waals surface area (Å²) >= 11 is 0. The van der Waals surface area contributed by atoms with Crippen molar-refractivity contribution in [2.24, 2.45) is 0 Å². The number of carboxylic acid groups (broad SMARTS) is 1. The third-order valence-electron chi connectivity index (χ3n) is 4.50. The summed E-state index contributed by atoms with van der Waals surface area (Å²) in [7, 11) is 1.56. The summed E-state index contributed by atoms with van der Waals surface area (Å²) in [5.41, 5.74) is 0.893. The zero-order valence-corrected chi connectivity index (χ0v) is 15.2. The van der Waals surface area contributed by atoms with Crippen LogP contribution in [0.3, 0.4) is 0 Å². The van der Waals surface area contributed by atoms with E-state index in [2.05, 4.69) is 5.10 Å². The molecule has 0 saturated carbocycles. The number of ether oxygens (including phenoxy) is 2. The first-order chi connectivity index (χ1) is 13.1. The lowest BCUT2D eigenvalue weighted by molar-refractivity contribution is -0.143. The average molecular weight is 373 g/mol. The molecule has 2 heterocycles. The van der Waals surface area contributed by atoms with E-state index in [-0.39, 0.29) is 12.3 Å². The number of hydrogen-bond acceptors (Lipinski definition) is 5. The van der Waals surface area contributed by atoms with Gasteiger partial charge in [-0.15, -0.1) is 0 Å². The number of carboxylic acids is 1. The quantitative estimate of drug-likeness (QED) is 0.746. The highest BCUT2D eigenvalue weighted by Crippen LogP contribution is 2.25. The fourth-order valence-corrected chi connectivity index (χ4v) is 3.13. The third-order valence-corrected chi connectivity index (χ3v) is 4.50. The van der Waals surface area contributed by atoms with Crippen LogP contribution in [0.2, 0.25) is 0 Å². The van der Waals surface area contributed by atoms with E-state index in [1.807, 2.05) is 30.3 Å². The maximum Gasteiger partial charge on any atom is 0.326 e. The first-order valence-electron chi connectivity index (χ1n) is 8.92. The number of methoxy groups -OCH3 is 1. The van der Waals surface area contributed by atoms with Crippen LogP contribution in [0.4, 0.5) is 0 Å². The Bertz CT molecular complexity index is 790. The van der Waals surface area contributed by atoms with Gasteiger partial charge in [0, 0.05) is 13.7 Å². The second-order valence-electron chi connectivity index (χ2n) is 6.31. The van der Waals surface area contributed by atoms with Crippen LogP contribution in [-0.4, -0.2) is 64.6 Å². The molecule has 1 aliphatic heterocycles. The Morgan fingerprint density at radius 3 is 2.70 bits per heavy atom. The van der Waals surface area contributed by atoms with E-state index in [1.165, 1.54) is 4.90 Å². The summed E-state index contributed by atoms with van der Waals surface area (Å²) in [5, 5.41) is 13.9. The van der Waals surface area contributed by atoms with Crippen molar-refractivity contribution in [1.82, 2.24) is 14.7 Å². The van der Waals surface area contributed by atoms with Gasteiger partial charge in [-0.1, -0.05) is 18.2 Å². The van der Waals surface area contributed by atoms with Gasteiger partial charge in [-0.05, 0) is 31.4 Å². The number of para-hydroxylation sites is 1. The fourth-order valence-electron chi connectivity index (χ4n) is 3.13. The molecule has 0 spiro atoms.